The zero-order chi connectivity index (χ0) is 29.9. The number of esters is 1. The first-order valence-corrected chi connectivity index (χ1v) is 15.1. The average molecular weight is 598 g/mol. The van der Waals surface area contributed by atoms with E-state index < -0.39 is 17.9 Å². The van der Waals surface area contributed by atoms with Crippen molar-refractivity contribution >= 4 is 35.2 Å². The lowest BCUT2D eigenvalue weighted by molar-refractivity contribution is -0.151. The molecule has 2 atom stereocenters. The van der Waals surface area contributed by atoms with Crippen LogP contribution in [0.25, 0.3) is 0 Å². The molecule has 0 spiro atoms. The van der Waals surface area contributed by atoms with Crippen molar-refractivity contribution in [2.75, 3.05) is 32.8 Å². The number of carbonyl (C=O) groups excluding carboxylic acids is 4. The molecule has 9 nitrogen and oxygen atoms in total. The molecule has 4 rings (SSSR count). The summed E-state index contributed by atoms with van der Waals surface area (Å²) in [6, 6.07) is 14.2. The van der Waals surface area contributed by atoms with Crippen molar-refractivity contribution in [1.29, 1.82) is 0 Å². The lowest BCUT2D eigenvalue weighted by Gasteiger charge is -2.29. The third kappa shape index (κ3) is 8.86. The number of hydrogen-bond donors (Lipinski definition) is 1. The molecule has 0 unspecified atom stereocenters. The van der Waals surface area contributed by atoms with Gasteiger partial charge in [0.25, 0.3) is 0 Å². The van der Waals surface area contributed by atoms with Crippen molar-refractivity contribution in [3.8, 4) is 0 Å². The molecule has 0 radical (unpaired) electrons. The smallest absolute Gasteiger partial charge is 0.306 e. The van der Waals surface area contributed by atoms with Gasteiger partial charge in [0.15, 0.2) is 5.78 Å². The number of morpholine rings is 1. The molecule has 2 aromatic rings. The predicted octanol–water partition coefficient (Wildman–Crippen LogP) is 3.68. The summed E-state index contributed by atoms with van der Waals surface area (Å²) < 4.78 is 10.8. The van der Waals surface area contributed by atoms with E-state index >= 15 is 0 Å². The molecule has 2 amide bonds. The zero-order valence-corrected chi connectivity index (χ0v) is 24.7. The van der Waals surface area contributed by atoms with E-state index in [4.69, 9.17) is 26.8 Å². The Balaban J connectivity index is 1.41. The van der Waals surface area contributed by atoms with Gasteiger partial charge in [-0.15, -0.1) is 0 Å². The van der Waals surface area contributed by atoms with E-state index in [1.165, 1.54) is 0 Å². The topological polar surface area (TPSA) is 119 Å². The Morgan fingerprint density at radius 1 is 1.00 bits per heavy atom. The van der Waals surface area contributed by atoms with E-state index in [2.05, 4.69) is 0 Å². The summed E-state index contributed by atoms with van der Waals surface area (Å²) in [4.78, 5) is 56.3. The van der Waals surface area contributed by atoms with Crippen LogP contribution in [-0.2, 0) is 48.2 Å². The molecule has 2 N–H and O–H groups in total. The third-order valence-electron chi connectivity index (χ3n) is 8.01. The van der Waals surface area contributed by atoms with Crippen LogP contribution in [0.3, 0.4) is 0 Å². The van der Waals surface area contributed by atoms with E-state index in [1.54, 1.807) is 15.9 Å². The van der Waals surface area contributed by atoms with Crippen molar-refractivity contribution in [3.05, 3.63) is 70.2 Å². The number of amides is 2. The van der Waals surface area contributed by atoms with Crippen LogP contribution in [0.1, 0.15) is 55.2 Å². The Kier molecular flexibility index (Phi) is 11.9. The lowest BCUT2D eigenvalue weighted by atomic mass is 9.95. The fourth-order valence-corrected chi connectivity index (χ4v) is 5.82. The molecule has 10 heteroatoms. The SMILES string of the molecule is NCc1ccc(Cl)cc1CCC(=O)[C@@H]1CCCN1C(=O)[C@@H](CCC(=O)N1CCOCC1)CC(=O)OCc1ccccc1. The minimum absolute atomic E-state index is 0.0291. The number of likely N-dealkylation sites (tertiary alicyclic amines) is 1. The van der Waals surface area contributed by atoms with Crippen LogP contribution in [-0.4, -0.2) is 72.3 Å². The first-order valence-electron chi connectivity index (χ1n) is 14.7. The minimum atomic E-state index is -0.761. The number of Topliss-reactive ketones (excluding diaryl/α,β-unsaturated/α-hetero) is 1. The second-order valence-electron chi connectivity index (χ2n) is 10.9. The number of nitrogens with two attached hydrogens (primary N) is 1. The molecule has 0 saturated carbocycles. The number of benzene rings is 2. The van der Waals surface area contributed by atoms with Gasteiger partial charge in [-0.05, 0) is 54.5 Å². The number of rotatable bonds is 13. The summed E-state index contributed by atoms with van der Waals surface area (Å²) in [6.45, 7) is 2.88. The van der Waals surface area contributed by atoms with Gasteiger partial charge in [0, 0.05) is 50.0 Å². The van der Waals surface area contributed by atoms with E-state index in [0.717, 1.165) is 16.7 Å². The van der Waals surface area contributed by atoms with Gasteiger partial charge in [-0.1, -0.05) is 48.0 Å². The molecule has 2 saturated heterocycles. The van der Waals surface area contributed by atoms with Gasteiger partial charge in [-0.3, -0.25) is 19.2 Å². The van der Waals surface area contributed by atoms with Crippen LogP contribution in [0.15, 0.2) is 48.5 Å². The van der Waals surface area contributed by atoms with Gasteiger partial charge in [0.05, 0.1) is 25.7 Å². The summed E-state index contributed by atoms with van der Waals surface area (Å²) in [5, 5.41) is 0.584. The highest BCUT2D eigenvalue weighted by atomic mass is 35.5. The average Bonchev–Trinajstić information content (AvgIpc) is 3.51. The molecule has 2 aliphatic heterocycles. The van der Waals surface area contributed by atoms with Gasteiger partial charge in [-0.2, -0.15) is 0 Å². The van der Waals surface area contributed by atoms with Gasteiger partial charge in [-0.25, -0.2) is 0 Å². The second kappa shape index (κ2) is 15.8. The maximum absolute atomic E-state index is 13.9. The Morgan fingerprint density at radius 3 is 2.50 bits per heavy atom. The fraction of sp³-hybridized carbons (Fsp3) is 0.500. The van der Waals surface area contributed by atoms with Gasteiger partial charge in [0.2, 0.25) is 11.8 Å². The first kappa shape index (κ1) is 31.7. The Bertz CT molecular complexity index is 1230. The minimum Gasteiger partial charge on any atom is -0.461 e. The van der Waals surface area contributed by atoms with E-state index in [-0.39, 0.29) is 49.9 Å². The number of aryl methyl sites for hydroxylation is 1. The highest BCUT2D eigenvalue weighted by Gasteiger charge is 2.38. The molecular weight excluding hydrogens is 558 g/mol. The Hall–Kier alpha value is -3.27. The van der Waals surface area contributed by atoms with E-state index in [9.17, 15) is 19.2 Å². The van der Waals surface area contributed by atoms with E-state index in [1.807, 2.05) is 42.5 Å². The van der Waals surface area contributed by atoms with Crippen molar-refractivity contribution < 1.29 is 28.7 Å². The Labute approximate surface area is 252 Å². The van der Waals surface area contributed by atoms with E-state index in [0.29, 0.717) is 63.7 Å². The molecule has 2 aliphatic rings. The number of halogens is 1. The largest absolute Gasteiger partial charge is 0.461 e. The lowest BCUT2D eigenvalue weighted by Crippen LogP contribution is -2.45. The van der Waals surface area contributed by atoms with Crippen molar-refractivity contribution in [2.24, 2.45) is 11.7 Å². The summed E-state index contributed by atoms with van der Waals surface area (Å²) in [5.74, 6) is -1.64. The van der Waals surface area contributed by atoms with Crippen molar-refractivity contribution in [1.82, 2.24) is 9.80 Å². The normalized spacial score (nSPS) is 17.6. The summed E-state index contributed by atoms with van der Waals surface area (Å²) >= 11 is 6.17. The maximum Gasteiger partial charge on any atom is 0.306 e. The van der Waals surface area contributed by atoms with Gasteiger partial charge >= 0.3 is 5.97 Å². The van der Waals surface area contributed by atoms with Crippen LogP contribution in [0, 0.1) is 5.92 Å². The van der Waals surface area contributed by atoms with Crippen LogP contribution in [0.4, 0.5) is 0 Å². The summed E-state index contributed by atoms with van der Waals surface area (Å²) in [6.07, 6.45) is 2.18. The highest BCUT2D eigenvalue weighted by Crippen LogP contribution is 2.27. The second-order valence-corrected chi connectivity index (χ2v) is 11.3. The maximum atomic E-state index is 13.9. The van der Waals surface area contributed by atoms with Crippen LogP contribution < -0.4 is 5.73 Å². The number of ether oxygens (including phenoxy) is 2. The van der Waals surface area contributed by atoms with Crippen LogP contribution in [0.2, 0.25) is 5.02 Å². The predicted molar refractivity (Wildman–Crippen MR) is 158 cm³/mol. The molecule has 226 valence electrons. The first-order chi connectivity index (χ1) is 20.4. The molecular formula is C32H40ClN3O6. The molecule has 42 heavy (non-hydrogen) atoms. The zero-order valence-electron chi connectivity index (χ0n) is 24.0. The molecule has 2 fully saturated rings. The molecule has 0 aromatic heterocycles. The molecule has 0 bridgehead atoms. The Morgan fingerprint density at radius 2 is 1.76 bits per heavy atom. The van der Waals surface area contributed by atoms with Crippen molar-refractivity contribution in [3.63, 3.8) is 0 Å². The number of hydrogen-bond acceptors (Lipinski definition) is 7. The summed E-state index contributed by atoms with van der Waals surface area (Å²) in [7, 11) is 0. The van der Waals surface area contributed by atoms with Gasteiger partial charge in [0.1, 0.15) is 6.61 Å². The standard InChI is InChI=1S/C32H40ClN3O6/c33-27-11-8-26(21-34)24(19-27)9-12-29(37)28-7-4-14-36(28)32(40)25(10-13-30(38)35-15-17-41-18-16-35)20-31(39)42-22-23-5-2-1-3-6-23/h1-3,5-6,8,11,19,25,28H,4,7,9-10,12-18,20-22,34H2/t25-,28-/m0/s1. The number of carbonyl (C=O) groups is 4. The molecule has 0 aliphatic carbocycles. The molecule has 2 aromatic carbocycles. The fourth-order valence-electron chi connectivity index (χ4n) is 5.63. The van der Waals surface area contributed by atoms with Crippen LogP contribution in [0.5, 0.6) is 0 Å². The molecule has 2 heterocycles. The summed E-state index contributed by atoms with van der Waals surface area (Å²) in [5.41, 5.74) is 8.57. The number of nitrogens with zero attached hydrogens (tertiary/aromatic N) is 2. The highest BCUT2D eigenvalue weighted by molar-refractivity contribution is 6.30. The third-order valence-corrected chi connectivity index (χ3v) is 8.25. The quantitative estimate of drug-likeness (QED) is 0.350. The monoisotopic (exact) mass is 597 g/mol. The number of ketones is 1. The van der Waals surface area contributed by atoms with Crippen LogP contribution >= 0.6 is 11.6 Å². The van der Waals surface area contributed by atoms with Gasteiger partial charge < -0.3 is 25.0 Å². The van der Waals surface area contributed by atoms with Crippen molar-refractivity contribution in [2.45, 2.75) is 64.1 Å².